The van der Waals surface area contributed by atoms with E-state index in [1.165, 1.54) is 6.39 Å². The Labute approximate surface area is 167 Å². The number of aromatic nitrogens is 2. The van der Waals surface area contributed by atoms with Gasteiger partial charge in [0, 0.05) is 24.7 Å². The molecule has 2 amide bonds. The normalized spacial score (nSPS) is 16.2. The zero-order chi connectivity index (χ0) is 20.2. The van der Waals surface area contributed by atoms with Crippen molar-refractivity contribution < 1.29 is 18.5 Å². The fourth-order valence-corrected chi connectivity index (χ4v) is 3.54. The number of likely N-dealkylation sites (tertiary alicyclic amines) is 1. The molecule has 1 saturated heterocycles. The molecule has 4 rings (SSSR count). The zero-order valence-electron chi connectivity index (χ0n) is 16.1. The minimum atomic E-state index is -0.444. The molecular formula is C21H22N4O4. The largest absolute Gasteiger partial charge is 0.444 e. The molecule has 1 aliphatic rings. The first-order chi connectivity index (χ1) is 14.1. The number of nitrogens with zero attached hydrogens (tertiary/aromatic N) is 3. The van der Waals surface area contributed by atoms with Crippen molar-refractivity contribution in [2.45, 2.75) is 38.8 Å². The third-order valence-electron chi connectivity index (χ3n) is 5.02. The molecule has 150 valence electrons. The molecule has 8 heteroatoms. The predicted octanol–water partition coefficient (Wildman–Crippen LogP) is 2.49. The average Bonchev–Trinajstić information content (AvgIpc) is 3.48. The van der Waals surface area contributed by atoms with E-state index in [1.54, 1.807) is 17.2 Å². The van der Waals surface area contributed by atoms with Gasteiger partial charge in [0.2, 0.25) is 11.8 Å². The Morgan fingerprint density at radius 3 is 2.79 bits per heavy atom. The van der Waals surface area contributed by atoms with Gasteiger partial charge in [0.1, 0.15) is 11.8 Å². The topological polar surface area (TPSA) is 101 Å². The molecule has 1 unspecified atom stereocenters. The SMILES string of the molecule is Cc1cc(CC(=O)N2CCCC2C(=O)NCc2ccc(-c3cnco3)cc2)on1. The fourth-order valence-electron chi connectivity index (χ4n) is 3.54. The van der Waals surface area contributed by atoms with Crippen molar-refractivity contribution >= 4 is 11.8 Å². The fraction of sp³-hybridized carbons (Fsp3) is 0.333. The summed E-state index contributed by atoms with van der Waals surface area (Å²) in [6, 6.07) is 9.01. The Morgan fingerprint density at radius 2 is 2.10 bits per heavy atom. The van der Waals surface area contributed by atoms with Gasteiger partial charge in [-0.1, -0.05) is 29.4 Å². The van der Waals surface area contributed by atoms with Gasteiger partial charge in [0.15, 0.2) is 12.2 Å². The number of oxazole rings is 1. The van der Waals surface area contributed by atoms with Crippen LogP contribution in [0.1, 0.15) is 29.9 Å². The molecule has 0 aliphatic carbocycles. The van der Waals surface area contributed by atoms with E-state index in [-0.39, 0.29) is 18.2 Å². The van der Waals surface area contributed by atoms with Crippen molar-refractivity contribution in [3.05, 3.63) is 59.9 Å². The van der Waals surface area contributed by atoms with E-state index in [0.717, 1.165) is 23.2 Å². The number of nitrogens with one attached hydrogen (secondary N) is 1. The molecule has 0 spiro atoms. The molecule has 3 heterocycles. The second-order valence-electron chi connectivity index (χ2n) is 7.14. The second-order valence-corrected chi connectivity index (χ2v) is 7.14. The first-order valence-electron chi connectivity index (χ1n) is 9.57. The van der Waals surface area contributed by atoms with Crippen LogP contribution in [0.15, 0.2) is 51.9 Å². The van der Waals surface area contributed by atoms with Gasteiger partial charge in [0.05, 0.1) is 18.3 Å². The summed E-state index contributed by atoms with van der Waals surface area (Å²) >= 11 is 0. The summed E-state index contributed by atoms with van der Waals surface area (Å²) in [5.41, 5.74) is 2.63. The molecule has 29 heavy (non-hydrogen) atoms. The molecule has 1 aliphatic heterocycles. The van der Waals surface area contributed by atoms with Crippen molar-refractivity contribution in [3.8, 4) is 11.3 Å². The quantitative estimate of drug-likeness (QED) is 0.689. The van der Waals surface area contributed by atoms with Crippen molar-refractivity contribution in [3.63, 3.8) is 0 Å². The molecule has 2 aromatic heterocycles. The lowest BCUT2D eigenvalue weighted by Gasteiger charge is -2.23. The monoisotopic (exact) mass is 394 g/mol. The maximum Gasteiger partial charge on any atom is 0.243 e. The van der Waals surface area contributed by atoms with E-state index in [9.17, 15) is 9.59 Å². The van der Waals surface area contributed by atoms with E-state index >= 15 is 0 Å². The van der Waals surface area contributed by atoms with Crippen LogP contribution in [-0.4, -0.2) is 39.4 Å². The Kier molecular flexibility index (Phi) is 5.41. The number of amides is 2. The van der Waals surface area contributed by atoms with Gasteiger partial charge in [0.25, 0.3) is 0 Å². The lowest BCUT2D eigenvalue weighted by Crippen LogP contribution is -2.46. The van der Waals surface area contributed by atoms with Gasteiger partial charge in [-0.05, 0) is 25.3 Å². The number of benzene rings is 1. The van der Waals surface area contributed by atoms with E-state index in [2.05, 4.69) is 15.5 Å². The number of hydrogen-bond donors (Lipinski definition) is 1. The maximum atomic E-state index is 12.7. The summed E-state index contributed by atoms with van der Waals surface area (Å²) in [6.45, 7) is 2.78. The minimum absolute atomic E-state index is 0.116. The molecule has 1 aromatic carbocycles. The molecule has 3 aromatic rings. The number of carbonyl (C=O) groups is 2. The van der Waals surface area contributed by atoms with E-state index in [4.69, 9.17) is 8.94 Å². The summed E-state index contributed by atoms with van der Waals surface area (Å²) in [4.78, 5) is 30.8. The van der Waals surface area contributed by atoms with Crippen LogP contribution < -0.4 is 5.32 Å². The van der Waals surface area contributed by atoms with Crippen LogP contribution in [0, 0.1) is 6.92 Å². The maximum absolute atomic E-state index is 12.7. The molecule has 0 radical (unpaired) electrons. The Bertz CT molecular complexity index is 979. The standard InChI is InChI=1S/C21H22N4O4/c1-14-9-17(29-24-14)10-20(26)25-8-2-3-18(25)21(27)23-11-15-4-6-16(7-5-15)19-12-22-13-28-19/h4-7,9,12-13,18H,2-3,8,10-11H2,1H3,(H,23,27). The van der Waals surface area contributed by atoms with Gasteiger partial charge >= 0.3 is 0 Å². The number of carbonyl (C=O) groups excluding carboxylic acids is 2. The van der Waals surface area contributed by atoms with Crippen LogP contribution >= 0.6 is 0 Å². The van der Waals surface area contributed by atoms with Gasteiger partial charge < -0.3 is 19.2 Å². The second kappa shape index (κ2) is 8.30. The summed E-state index contributed by atoms with van der Waals surface area (Å²) in [6.07, 6.45) is 4.64. The summed E-state index contributed by atoms with van der Waals surface area (Å²) in [5.74, 6) is 0.965. The van der Waals surface area contributed by atoms with E-state index < -0.39 is 6.04 Å². The summed E-state index contributed by atoms with van der Waals surface area (Å²) in [7, 11) is 0. The van der Waals surface area contributed by atoms with Gasteiger partial charge in [-0.2, -0.15) is 0 Å². The van der Waals surface area contributed by atoms with Crippen LogP contribution in [0.3, 0.4) is 0 Å². The van der Waals surface area contributed by atoms with Crippen molar-refractivity contribution in [2.24, 2.45) is 0 Å². The Hall–Kier alpha value is -3.42. The molecule has 1 fully saturated rings. The van der Waals surface area contributed by atoms with Crippen molar-refractivity contribution in [2.75, 3.05) is 6.54 Å². The third-order valence-corrected chi connectivity index (χ3v) is 5.02. The van der Waals surface area contributed by atoms with Crippen LogP contribution in [0.2, 0.25) is 0 Å². The van der Waals surface area contributed by atoms with Crippen LogP contribution in [0.5, 0.6) is 0 Å². The number of aryl methyl sites for hydroxylation is 1. The zero-order valence-corrected chi connectivity index (χ0v) is 16.1. The highest BCUT2D eigenvalue weighted by molar-refractivity contribution is 5.88. The lowest BCUT2D eigenvalue weighted by molar-refractivity contribution is -0.138. The van der Waals surface area contributed by atoms with Crippen LogP contribution in [0.25, 0.3) is 11.3 Å². The van der Waals surface area contributed by atoms with Crippen LogP contribution in [-0.2, 0) is 22.6 Å². The van der Waals surface area contributed by atoms with Gasteiger partial charge in [-0.25, -0.2) is 4.98 Å². The minimum Gasteiger partial charge on any atom is -0.444 e. The van der Waals surface area contributed by atoms with Gasteiger partial charge in [-0.3, -0.25) is 9.59 Å². The molecule has 8 nitrogen and oxygen atoms in total. The van der Waals surface area contributed by atoms with Gasteiger partial charge in [-0.15, -0.1) is 0 Å². The first-order valence-corrected chi connectivity index (χ1v) is 9.57. The third kappa shape index (κ3) is 4.37. The molecule has 1 N–H and O–H groups in total. The van der Waals surface area contributed by atoms with E-state index in [1.807, 2.05) is 31.2 Å². The Morgan fingerprint density at radius 1 is 1.28 bits per heavy atom. The van der Waals surface area contributed by atoms with E-state index in [0.29, 0.717) is 31.0 Å². The smallest absolute Gasteiger partial charge is 0.243 e. The lowest BCUT2D eigenvalue weighted by atomic mass is 10.1. The van der Waals surface area contributed by atoms with Crippen molar-refractivity contribution in [1.82, 2.24) is 20.4 Å². The molecule has 1 atom stereocenters. The molecule has 0 saturated carbocycles. The Balaban J connectivity index is 1.33. The number of hydrogen-bond acceptors (Lipinski definition) is 6. The summed E-state index contributed by atoms with van der Waals surface area (Å²) in [5, 5.41) is 6.75. The number of rotatable bonds is 6. The summed E-state index contributed by atoms with van der Waals surface area (Å²) < 4.78 is 10.4. The average molecular weight is 394 g/mol. The molecular weight excluding hydrogens is 372 g/mol. The highest BCUT2D eigenvalue weighted by atomic mass is 16.5. The predicted molar refractivity (Wildman–Crippen MR) is 103 cm³/mol. The molecule has 0 bridgehead atoms. The van der Waals surface area contributed by atoms with Crippen LogP contribution in [0.4, 0.5) is 0 Å². The highest BCUT2D eigenvalue weighted by Crippen LogP contribution is 2.21. The van der Waals surface area contributed by atoms with Crippen molar-refractivity contribution in [1.29, 1.82) is 0 Å². The highest BCUT2D eigenvalue weighted by Gasteiger charge is 2.34. The first kappa shape index (κ1) is 18.9.